The van der Waals surface area contributed by atoms with Crippen LogP contribution in [0.1, 0.15) is 34.5 Å². The van der Waals surface area contributed by atoms with E-state index in [0.717, 1.165) is 12.8 Å². The van der Waals surface area contributed by atoms with Gasteiger partial charge >= 0.3 is 5.97 Å². The fraction of sp³-hybridized carbons (Fsp3) is 0.500. The molecule has 0 atom stereocenters. The molecule has 1 aliphatic rings. The molecule has 1 aromatic heterocycles. The number of pyridine rings is 1. The quantitative estimate of drug-likeness (QED) is 0.886. The minimum absolute atomic E-state index is 0.0920. The van der Waals surface area contributed by atoms with E-state index in [1.807, 2.05) is 0 Å². The molecule has 1 N–H and O–H groups in total. The van der Waals surface area contributed by atoms with Gasteiger partial charge in [0.2, 0.25) is 5.91 Å². The first-order valence-corrected chi connectivity index (χ1v) is 6.64. The van der Waals surface area contributed by atoms with Gasteiger partial charge in [0, 0.05) is 18.8 Å². The molecule has 1 saturated heterocycles. The van der Waals surface area contributed by atoms with Crippen molar-refractivity contribution in [2.24, 2.45) is 0 Å². The van der Waals surface area contributed by atoms with Gasteiger partial charge in [0.1, 0.15) is 12.1 Å². The van der Waals surface area contributed by atoms with Gasteiger partial charge in [-0.1, -0.05) is 0 Å². The van der Waals surface area contributed by atoms with E-state index in [-0.39, 0.29) is 18.0 Å². The molecule has 6 heteroatoms. The number of carboxylic acids is 1. The molecule has 0 radical (unpaired) electrons. The highest BCUT2D eigenvalue weighted by molar-refractivity contribution is 5.89. The fourth-order valence-corrected chi connectivity index (χ4v) is 2.59. The fourth-order valence-electron chi connectivity index (χ4n) is 2.59. The molecule has 0 aromatic carbocycles. The van der Waals surface area contributed by atoms with Crippen molar-refractivity contribution in [1.29, 1.82) is 0 Å². The van der Waals surface area contributed by atoms with Crippen molar-refractivity contribution >= 4 is 11.9 Å². The summed E-state index contributed by atoms with van der Waals surface area (Å²) in [4.78, 5) is 37.2. The standard InChI is InChI=1S/C14H18N2O4/c1-9-7-10(2)16(13(18)12(9)14(19)20)8-11(17)15-5-3-4-6-15/h7H,3-6,8H2,1-2H3,(H,19,20). The normalized spacial score (nSPS) is 14.6. The topological polar surface area (TPSA) is 79.6 Å². The third-order valence-electron chi connectivity index (χ3n) is 3.67. The third-order valence-corrected chi connectivity index (χ3v) is 3.67. The molecule has 108 valence electrons. The third kappa shape index (κ3) is 2.59. The highest BCUT2D eigenvalue weighted by Gasteiger charge is 2.22. The second-order valence-electron chi connectivity index (χ2n) is 5.13. The number of hydrogen-bond acceptors (Lipinski definition) is 3. The van der Waals surface area contributed by atoms with Crippen LogP contribution in [0.4, 0.5) is 0 Å². The van der Waals surface area contributed by atoms with Crippen LogP contribution in [0.3, 0.4) is 0 Å². The lowest BCUT2D eigenvalue weighted by molar-refractivity contribution is -0.130. The second-order valence-corrected chi connectivity index (χ2v) is 5.13. The Labute approximate surface area is 116 Å². The Hall–Kier alpha value is -2.11. The van der Waals surface area contributed by atoms with Crippen molar-refractivity contribution in [2.75, 3.05) is 13.1 Å². The maximum atomic E-state index is 12.2. The average Bonchev–Trinajstić information content (AvgIpc) is 2.87. The van der Waals surface area contributed by atoms with Crippen LogP contribution in [0.2, 0.25) is 0 Å². The van der Waals surface area contributed by atoms with E-state index in [4.69, 9.17) is 5.11 Å². The summed E-state index contributed by atoms with van der Waals surface area (Å²) in [5.74, 6) is -1.39. The number of aryl methyl sites for hydroxylation is 2. The first-order chi connectivity index (χ1) is 9.41. The zero-order chi connectivity index (χ0) is 14.9. The van der Waals surface area contributed by atoms with Crippen molar-refractivity contribution in [3.8, 4) is 0 Å². The number of nitrogens with zero attached hydrogens (tertiary/aromatic N) is 2. The minimum atomic E-state index is -1.25. The number of carbonyl (C=O) groups excluding carboxylic acids is 1. The van der Waals surface area contributed by atoms with E-state index >= 15 is 0 Å². The average molecular weight is 278 g/mol. The first kappa shape index (κ1) is 14.3. The zero-order valence-corrected chi connectivity index (χ0v) is 11.7. The van der Waals surface area contributed by atoms with E-state index in [9.17, 15) is 14.4 Å². The van der Waals surface area contributed by atoms with Gasteiger partial charge in [-0.3, -0.25) is 9.59 Å². The van der Waals surface area contributed by atoms with Gasteiger partial charge in [-0.15, -0.1) is 0 Å². The second kappa shape index (κ2) is 5.48. The first-order valence-electron chi connectivity index (χ1n) is 6.64. The number of hydrogen-bond donors (Lipinski definition) is 1. The van der Waals surface area contributed by atoms with Crippen LogP contribution in [-0.2, 0) is 11.3 Å². The summed E-state index contributed by atoms with van der Waals surface area (Å²) in [5, 5.41) is 9.10. The van der Waals surface area contributed by atoms with Crippen molar-refractivity contribution in [2.45, 2.75) is 33.2 Å². The summed E-state index contributed by atoms with van der Waals surface area (Å²) in [6.07, 6.45) is 1.96. The number of aromatic carboxylic acids is 1. The largest absolute Gasteiger partial charge is 0.477 e. The Morgan fingerprint density at radius 1 is 1.25 bits per heavy atom. The van der Waals surface area contributed by atoms with E-state index in [0.29, 0.717) is 24.3 Å². The van der Waals surface area contributed by atoms with Crippen molar-refractivity contribution < 1.29 is 14.7 Å². The Morgan fingerprint density at radius 2 is 1.85 bits per heavy atom. The van der Waals surface area contributed by atoms with Gasteiger partial charge < -0.3 is 14.6 Å². The monoisotopic (exact) mass is 278 g/mol. The van der Waals surface area contributed by atoms with Crippen LogP contribution in [-0.4, -0.2) is 39.5 Å². The molecule has 1 amide bonds. The summed E-state index contributed by atoms with van der Waals surface area (Å²) < 4.78 is 1.25. The molecule has 0 bridgehead atoms. The van der Waals surface area contributed by atoms with Crippen LogP contribution >= 0.6 is 0 Å². The van der Waals surface area contributed by atoms with Gasteiger partial charge in [0.25, 0.3) is 5.56 Å². The molecule has 0 aliphatic carbocycles. The van der Waals surface area contributed by atoms with E-state index in [1.54, 1.807) is 24.8 Å². The Bertz CT molecular complexity index is 612. The molecule has 1 fully saturated rings. The molecular formula is C14H18N2O4. The van der Waals surface area contributed by atoms with E-state index < -0.39 is 11.5 Å². The summed E-state index contributed by atoms with van der Waals surface area (Å²) in [6, 6.07) is 1.63. The predicted molar refractivity (Wildman–Crippen MR) is 72.9 cm³/mol. The number of carboxylic acid groups (broad SMARTS) is 1. The molecule has 0 saturated carbocycles. The lowest BCUT2D eigenvalue weighted by Gasteiger charge is -2.18. The van der Waals surface area contributed by atoms with Crippen molar-refractivity contribution in [3.05, 3.63) is 33.2 Å². The van der Waals surface area contributed by atoms with Crippen LogP contribution in [0, 0.1) is 13.8 Å². The molecule has 1 aromatic rings. The van der Waals surface area contributed by atoms with Gasteiger partial charge in [0.05, 0.1) is 0 Å². The van der Waals surface area contributed by atoms with Crippen molar-refractivity contribution in [1.82, 2.24) is 9.47 Å². The summed E-state index contributed by atoms with van der Waals surface area (Å²) in [5.41, 5.74) is 0.155. The van der Waals surface area contributed by atoms with Gasteiger partial charge in [-0.05, 0) is 38.3 Å². The van der Waals surface area contributed by atoms with Crippen molar-refractivity contribution in [3.63, 3.8) is 0 Å². The Balaban J connectivity index is 2.36. The number of likely N-dealkylation sites (tertiary alicyclic amines) is 1. The van der Waals surface area contributed by atoms with Crippen LogP contribution in [0.5, 0.6) is 0 Å². The number of amides is 1. The van der Waals surface area contributed by atoms with Gasteiger partial charge in [0.15, 0.2) is 0 Å². The highest BCUT2D eigenvalue weighted by atomic mass is 16.4. The molecule has 2 rings (SSSR count). The molecule has 2 heterocycles. The number of carbonyl (C=O) groups is 2. The zero-order valence-electron chi connectivity index (χ0n) is 11.7. The summed E-state index contributed by atoms with van der Waals surface area (Å²) >= 11 is 0. The predicted octanol–water partition coefficient (Wildman–Crippen LogP) is 0.786. The Kier molecular flexibility index (Phi) is 3.92. The molecule has 1 aliphatic heterocycles. The van der Waals surface area contributed by atoms with Gasteiger partial charge in [-0.2, -0.15) is 0 Å². The molecular weight excluding hydrogens is 260 g/mol. The van der Waals surface area contributed by atoms with E-state index in [1.165, 1.54) is 4.57 Å². The number of aromatic nitrogens is 1. The minimum Gasteiger partial charge on any atom is -0.477 e. The smallest absolute Gasteiger partial charge is 0.341 e. The van der Waals surface area contributed by atoms with E-state index in [2.05, 4.69) is 0 Å². The van der Waals surface area contributed by atoms with Crippen LogP contribution in [0.25, 0.3) is 0 Å². The molecule has 6 nitrogen and oxygen atoms in total. The Morgan fingerprint density at radius 3 is 2.40 bits per heavy atom. The maximum Gasteiger partial charge on any atom is 0.341 e. The maximum absolute atomic E-state index is 12.2. The van der Waals surface area contributed by atoms with Crippen LogP contribution < -0.4 is 5.56 Å². The SMILES string of the molecule is Cc1cc(C)n(CC(=O)N2CCCC2)c(=O)c1C(=O)O. The molecule has 20 heavy (non-hydrogen) atoms. The van der Waals surface area contributed by atoms with Gasteiger partial charge in [-0.25, -0.2) is 4.79 Å². The number of rotatable bonds is 3. The molecule has 0 unspecified atom stereocenters. The van der Waals surface area contributed by atoms with Crippen LogP contribution in [0.15, 0.2) is 10.9 Å². The lowest BCUT2D eigenvalue weighted by atomic mass is 10.1. The lowest BCUT2D eigenvalue weighted by Crippen LogP contribution is -2.37. The highest BCUT2D eigenvalue weighted by Crippen LogP contribution is 2.10. The summed E-state index contributed by atoms with van der Waals surface area (Å²) in [7, 11) is 0. The molecule has 0 spiro atoms. The summed E-state index contributed by atoms with van der Waals surface area (Å²) in [6.45, 7) is 4.63.